The summed E-state index contributed by atoms with van der Waals surface area (Å²) in [5.74, 6) is 0. The highest BCUT2D eigenvalue weighted by Crippen LogP contribution is 2.38. The normalized spacial score (nSPS) is 18.2. The van der Waals surface area contributed by atoms with Crippen molar-refractivity contribution in [2.75, 3.05) is 0 Å². The van der Waals surface area contributed by atoms with E-state index in [9.17, 15) is 14.4 Å². The predicted molar refractivity (Wildman–Crippen MR) is 64.6 cm³/mol. The van der Waals surface area contributed by atoms with Crippen LogP contribution in [0, 0.1) is 0 Å². The van der Waals surface area contributed by atoms with Gasteiger partial charge in [-0.15, -0.1) is 0 Å². The van der Waals surface area contributed by atoms with Crippen molar-refractivity contribution in [3.8, 4) is 0 Å². The molecule has 1 rings (SSSR count). The van der Waals surface area contributed by atoms with Crippen LogP contribution in [-0.2, 0) is 14.4 Å². The maximum absolute atomic E-state index is 11.9. The molecule has 0 aromatic heterocycles. The van der Waals surface area contributed by atoms with E-state index in [1.165, 1.54) is 20.8 Å². The van der Waals surface area contributed by atoms with Crippen LogP contribution in [0.25, 0.3) is 0 Å². The van der Waals surface area contributed by atoms with Crippen molar-refractivity contribution >= 4 is 24.3 Å². The van der Waals surface area contributed by atoms with Gasteiger partial charge in [0, 0.05) is 0 Å². The van der Waals surface area contributed by atoms with Crippen LogP contribution in [0.2, 0.25) is 5.54 Å². The zero-order valence-corrected chi connectivity index (χ0v) is 11.3. The van der Waals surface area contributed by atoms with Crippen molar-refractivity contribution in [2.45, 2.75) is 58.4 Å². The summed E-state index contributed by atoms with van der Waals surface area (Å²) in [6.07, 6.45) is 5.02. The molecule has 0 unspecified atom stereocenters. The van der Waals surface area contributed by atoms with E-state index in [4.69, 9.17) is 0 Å². The molecular formula is C12H20O3Si. The second kappa shape index (κ2) is 5.04. The highest BCUT2D eigenvalue weighted by Gasteiger charge is 2.55. The summed E-state index contributed by atoms with van der Waals surface area (Å²) < 4.78 is 0. The van der Waals surface area contributed by atoms with Crippen LogP contribution >= 0.6 is 0 Å². The van der Waals surface area contributed by atoms with Crippen molar-refractivity contribution in [3.63, 3.8) is 0 Å². The minimum atomic E-state index is -3.04. The van der Waals surface area contributed by atoms with Crippen LogP contribution in [0.5, 0.6) is 0 Å². The lowest BCUT2D eigenvalue weighted by Gasteiger charge is -2.34. The van der Waals surface area contributed by atoms with Crippen LogP contribution in [0.3, 0.4) is 0 Å². The molecule has 1 aliphatic carbocycles. The van der Waals surface area contributed by atoms with Gasteiger partial charge in [0.05, 0.1) is 0 Å². The molecular weight excluding hydrogens is 220 g/mol. The van der Waals surface area contributed by atoms with Gasteiger partial charge in [-0.1, -0.05) is 32.1 Å². The van der Waals surface area contributed by atoms with E-state index in [-0.39, 0.29) is 21.8 Å². The van der Waals surface area contributed by atoms with Gasteiger partial charge in [0.15, 0.2) is 0 Å². The summed E-state index contributed by atoms with van der Waals surface area (Å²) in [7, 11) is -3.04. The number of carbonyl (C=O) groups is 3. The summed E-state index contributed by atoms with van der Waals surface area (Å²) in [5.41, 5.74) is 0.0637. The van der Waals surface area contributed by atoms with Crippen LogP contribution in [0.1, 0.15) is 52.9 Å². The van der Waals surface area contributed by atoms with Gasteiger partial charge in [0.1, 0.15) is 16.2 Å². The first-order valence-corrected chi connectivity index (χ1v) is 8.04. The number of carbonyl (C=O) groups excluding carboxylic acids is 3. The van der Waals surface area contributed by atoms with Crippen molar-refractivity contribution in [3.05, 3.63) is 0 Å². The fraction of sp³-hybridized carbons (Fsp3) is 0.750. The molecule has 1 aliphatic rings. The maximum Gasteiger partial charge on any atom is 0.281 e. The molecule has 0 radical (unpaired) electrons. The fourth-order valence-corrected chi connectivity index (χ4v) is 7.63. The molecule has 16 heavy (non-hydrogen) atoms. The van der Waals surface area contributed by atoms with E-state index >= 15 is 0 Å². The zero-order valence-electron chi connectivity index (χ0n) is 10.3. The van der Waals surface area contributed by atoms with Gasteiger partial charge in [-0.2, -0.15) is 0 Å². The van der Waals surface area contributed by atoms with Crippen LogP contribution in [0.15, 0.2) is 0 Å². The Balaban J connectivity index is 3.14. The average molecular weight is 240 g/mol. The van der Waals surface area contributed by atoms with E-state index in [0.29, 0.717) is 0 Å². The summed E-state index contributed by atoms with van der Waals surface area (Å²) in [6.45, 7) is 4.30. The number of hydrogen-bond donors (Lipinski definition) is 0. The average Bonchev–Trinajstić information content (AvgIpc) is 2.18. The minimum Gasteiger partial charge on any atom is -0.305 e. The van der Waals surface area contributed by atoms with E-state index in [1.807, 2.05) is 0 Å². The van der Waals surface area contributed by atoms with Crippen LogP contribution in [-0.4, -0.2) is 24.3 Å². The van der Waals surface area contributed by atoms with Crippen molar-refractivity contribution < 1.29 is 14.4 Å². The molecule has 0 aromatic rings. The number of rotatable bonds is 4. The Morgan fingerprint density at radius 2 is 1.19 bits per heavy atom. The van der Waals surface area contributed by atoms with Gasteiger partial charge >= 0.3 is 0 Å². The molecule has 0 N–H and O–H groups in total. The molecule has 3 nitrogen and oxygen atoms in total. The summed E-state index contributed by atoms with van der Waals surface area (Å²) >= 11 is 0. The van der Waals surface area contributed by atoms with E-state index in [2.05, 4.69) is 0 Å². The Bertz CT molecular complexity index is 280. The predicted octanol–water partition coefficient (Wildman–Crippen LogP) is 2.15. The quantitative estimate of drug-likeness (QED) is 0.708. The van der Waals surface area contributed by atoms with E-state index < -0.39 is 8.07 Å². The largest absolute Gasteiger partial charge is 0.305 e. The molecule has 0 amide bonds. The van der Waals surface area contributed by atoms with Crippen molar-refractivity contribution in [1.29, 1.82) is 0 Å². The maximum atomic E-state index is 11.9. The van der Waals surface area contributed by atoms with Gasteiger partial charge in [-0.05, 0) is 26.3 Å². The third kappa shape index (κ3) is 2.03. The SMILES string of the molecule is CC(=O)[Si](C(C)=O)(C(C)=O)C1CCCCC1. The Morgan fingerprint density at radius 3 is 1.50 bits per heavy atom. The zero-order chi connectivity index (χ0) is 12.3. The van der Waals surface area contributed by atoms with Crippen molar-refractivity contribution in [1.82, 2.24) is 0 Å². The lowest BCUT2D eigenvalue weighted by atomic mass is 10.0. The summed E-state index contributed by atoms with van der Waals surface area (Å²) in [6, 6.07) is 0. The summed E-state index contributed by atoms with van der Waals surface area (Å²) in [5, 5.41) is -0.418. The second-order valence-electron chi connectivity index (χ2n) is 4.81. The molecule has 0 aliphatic heterocycles. The standard InChI is InChI=1S/C12H20O3Si/c1-9(13)16(10(2)14,11(3)15)12-7-5-4-6-8-12/h12H,4-8H2,1-3H3. The molecule has 4 heteroatoms. The van der Waals surface area contributed by atoms with E-state index in [1.54, 1.807) is 0 Å². The van der Waals surface area contributed by atoms with Gasteiger partial charge < -0.3 is 14.4 Å². The first-order valence-electron chi connectivity index (χ1n) is 5.97. The first kappa shape index (κ1) is 13.3. The van der Waals surface area contributed by atoms with Gasteiger partial charge in [-0.25, -0.2) is 0 Å². The molecule has 0 aromatic carbocycles. The minimum absolute atomic E-state index is 0.0637. The molecule has 0 spiro atoms. The molecule has 1 saturated carbocycles. The molecule has 0 heterocycles. The first-order chi connectivity index (χ1) is 7.44. The Hall–Kier alpha value is -0.773. The van der Waals surface area contributed by atoms with Crippen molar-refractivity contribution in [2.24, 2.45) is 0 Å². The Labute approximate surface area is 97.6 Å². The molecule has 90 valence electrons. The lowest BCUT2D eigenvalue weighted by Crippen LogP contribution is -2.60. The Morgan fingerprint density at radius 1 is 0.812 bits per heavy atom. The third-order valence-electron chi connectivity index (χ3n) is 3.88. The van der Waals surface area contributed by atoms with Crippen LogP contribution < -0.4 is 0 Å². The molecule has 0 saturated heterocycles. The highest BCUT2D eigenvalue weighted by molar-refractivity contribution is 7.40. The molecule has 1 fully saturated rings. The summed E-state index contributed by atoms with van der Waals surface area (Å²) in [4.78, 5) is 35.6. The monoisotopic (exact) mass is 240 g/mol. The highest BCUT2D eigenvalue weighted by atomic mass is 28.3. The van der Waals surface area contributed by atoms with Crippen LogP contribution in [0.4, 0.5) is 0 Å². The van der Waals surface area contributed by atoms with E-state index in [0.717, 1.165) is 32.1 Å². The fourth-order valence-electron chi connectivity index (χ4n) is 3.14. The molecule has 0 bridgehead atoms. The smallest absolute Gasteiger partial charge is 0.281 e. The number of hydrogen-bond acceptors (Lipinski definition) is 3. The molecule has 0 atom stereocenters. The Kier molecular flexibility index (Phi) is 4.19. The topological polar surface area (TPSA) is 51.2 Å². The van der Waals surface area contributed by atoms with Gasteiger partial charge in [0.25, 0.3) is 8.07 Å². The van der Waals surface area contributed by atoms with Gasteiger partial charge in [-0.3, -0.25) is 0 Å². The second-order valence-corrected chi connectivity index (χ2v) is 9.36. The third-order valence-corrected chi connectivity index (χ3v) is 9.02. The lowest BCUT2D eigenvalue weighted by molar-refractivity contribution is -0.118. The van der Waals surface area contributed by atoms with Gasteiger partial charge in [0.2, 0.25) is 0 Å².